The lowest BCUT2D eigenvalue weighted by Gasteiger charge is -2.13. The molecule has 0 aromatic heterocycles. The average molecular weight is 321 g/mol. The Bertz CT molecular complexity index is 601. The molecule has 126 valence electrons. The number of nitro benzene ring substituents is 1. The zero-order valence-electron chi connectivity index (χ0n) is 13.9. The second kappa shape index (κ2) is 8.26. The second-order valence-corrected chi connectivity index (χ2v) is 5.59. The highest BCUT2D eigenvalue weighted by Crippen LogP contribution is 2.28. The van der Waals surface area contributed by atoms with Crippen molar-refractivity contribution >= 4 is 28.9 Å². The quantitative estimate of drug-likeness (QED) is 0.592. The van der Waals surface area contributed by atoms with Crippen molar-refractivity contribution in [2.24, 2.45) is 11.8 Å². The molecule has 7 nitrogen and oxygen atoms in total. The second-order valence-electron chi connectivity index (χ2n) is 5.59. The third-order valence-corrected chi connectivity index (χ3v) is 3.84. The molecule has 0 spiro atoms. The van der Waals surface area contributed by atoms with Crippen LogP contribution >= 0.6 is 0 Å². The van der Waals surface area contributed by atoms with Gasteiger partial charge in [0, 0.05) is 23.6 Å². The fraction of sp³-hybridized carbons (Fsp3) is 0.500. The Labute approximate surface area is 135 Å². The van der Waals surface area contributed by atoms with Gasteiger partial charge in [-0.15, -0.1) is 0 Å². The summed E-state index contributed by atoms with van der Waals surface area (Å²) in [5.74, 6) is -0.886. The van der Waals surface area contributed by atoms with Gasteiger partial charge in [0.1, 0.15) is 5.69 Å². The summed E-state index contributed by atoms with van der Waals surface area (Å²) >= 11 is 0. The summed E-state index contributed by atoms with van der Waals surface area (Å²) < 4.78 is 0. The molecule has 7 heteroatoms. The molecule has 1 aromatic carbocycles. The first-order chi connectivity index (χ1) is 10.8. The molecule has 0 fully saturated rings. The predicted molar refractivity (Wildman–Crippen MR) is 89.3 cm³/mol. The smallest absolute Gasteiger partial charge is 0.294 e. The van der Waals surface area contributed by atoms with Crippen molar-refractivity contribution in [2.45, 2.75) is 40.5 Å². The maximum absolute atomic E-state index is 11.9. The van der Waals surface area contributed by atoms with Crippen molar-refractivity contribution in [3.05, 3.63) is 28.3 Å². The van der Waals surface area contributed by atoms with Gasteiger partial charge in [0.2, 0.25) is 11.8 Å². The van der Waals surface area contributed by atoms with Crippen LogP contribution in [0, 0.1) is 22.0 Å². The van der Waals surface area contributed by atoms with Crippen LogP contribution in [0.4, 0.5) is 17.1 Å². The van der Waals surface area contributed by atoms with Gasteiger partial charge in [-0.2, -0.15) is 0 Å². The van der Waals surface area contributed by atoms with Gasteiger partial charge in [-0.1, -0.05) is 27.7 Å². The molecule has 2 N–H and O–H groups in total. The number of nitro groups is 1. The third kappa shape index (κ3) is 5.05. The Hall–Kier alpha value is -2.44. The standard InChI is InChI=1S/C16H23N3O4/c1-5-10(3)15(20)17-12-7-8-13(14(9-12)19(22)23)18-16(21)11(4)6-2/h7-11H,5-6H2,1-4H3,(H,17,20)(H,18,21). The van der Waals surface area contributed by atoms with Gasteiger partial charge >= 0.3 is 0 Å². The molecule has 0 radical (unpaired) electrons. The largest absolute Gasteiger partial charge is 0.326 e. The molecule has 2 amide bonds. The number of hydrogen-bond donors (Lipinski definition) is 2. The van der Waals surface area contributed by atoms with Gasteiger partial charge in [0.25, 0.3) is 5.69 Å². The third-order valence-electron chi connectivity index (χ3n) is 3.84. The van der Waals surface area contributed by atoms with Gasteiger partial charge in [-0.3, -0.25) is 19.7 Å². The minimum atomic E-state index is -0.578. The Balaban J connectivity index is 3.01. The number of benzene rings is 1. The van der Waals surface area contributed by atoms with Crippen LogP contribution in [0.5, 0.6) is 0 Å². The average Bonchev–Trinajstić information content (AvgIpc) is 2.54. The van der Waals surface area contributed by atoms with E-state index < -0.39 is 4.92 Å². The van der Waals surface area contributed by atoms with E-state index in [0.29, 0.717) is 18.5 Å². The van der Waals surface area contributed by atoms with E-state index in [1.54, 1.807) is 19.9 Å². The SMILES string of the molecule is CCC(C)C(=O)Nc1ccc(NC(=O)C(C)CC)c([N+](=O)[O-])c1. The van der Waals surface area contributed by atoms with Crippen LogP contribution in [0.25, 0.3) is 0 Å². The normalized spacial score (nSPS) is 13.0. The summed E-state index contributed by atoms with van der Waals surface area (Å²) in [5, 5.41) is 16.4. The van der Waals surface area contributed by atoms with Crippen molar-refractivity contribution in [2.75, 3.05) is 10.6 Å². The molecule has 0 saturated carbocycles. The molecule has 0 bridgehead atoms. The number of anilines is 2. The van der Waals surface area contributed by atoms with E-state index in [4.69, 9.17) is 0 Å². The van der Waals surface area contributed by atoms with E-state index in [2.05, 4.69) is 10.6 Å². The first-order valence-electron chi connectivity index (χ1n) is 7.70. The number of amides is 2. The van der Waals surface area contributed by atoms with Crippen LogP contribution in [0.2, 0.25) is 0 Å². The zero-order chi connectivity index (χ0) is 17.6. The minimum absolute atomic E-state index is 0.127. The Kier molecular flexibility index (Phi) is 6.68. The fourth-order valence-corrected chi connectivity index (χ4v) is 1.76. The lowest BCUT2D eigenvalue weighted by Crippen LogP contribution is -2.21. The fourth-order valence-electron chi connectivity index (χ4n) is 1.76. The Morgan fingerprint density at radius 2 is 1.61 bits per heavy atom. The number of carbonyl (C=O) groups is 2. The van der Waals surface area contributed by atoms with Crippen LogP contribution in [0.15, 0.2) is 18.2 Å². The van der Waals surface area contributed by atoms with Crippen molar-refractivity contribution in [1.82, 2.24) is 0 Å². The van der Waals surface area contributed by atoms with Crippen LogP contribution < -0.4 is 10.6 Å². The van der Waals surface area contributed by atoms with Gasteiger partial charge < -0.3 is 10.6 Å². The summed E-state index contributed by atoms with van der Waals surface area (Å²) in [4.78, 5) is 34.4. The number of rotatable bonds is 7. The maximum Gasteiger partial charge on any atom is 0.294 e. The summed E-state index contributed by atoms with van der Waals surface area (Å²) in [6, 6.07) is 4.23. The number of nitrogens with one attached hydrogen (secondary N) is 2. The molecule has 23 heavy (non-hydrogen) atoms. The Morgan fingerprint density at radius 3 is 2.09 bits per heavy atom. The number of hydrogen-bond acceptors (Lipinski definition) is 4. The van der Waals surface area contributed by atoms with Crippen molar-refractivity contribution in [3.63, 3.8) is 0 Å². The molecule has 1 aromatic rings. The van der Waals surface area contributed by atoms with Gasteiger partial charge in [0.15, 0.2) is 0 Å². The van der Waals surface area contributed by atoms with E-state index >= 15 is 0 Å². The zero-order valence-corrected chi connectivity index (χ0v) is 13.9. The van der Waals surface area contributed by atoms with Crippen molar-refractivity contribution < 1.29 is 14.5 Å². The molecule has 2 atom stereocenters. The van der Waals surface area contributed by atoms with E-state index in [9.17, 15) is 19.7 Å². The molecule has 0 aliphatic heterocycles. The van der Waals surface area contributed by atoms with Gasteiger partial charge in [-0.05, 0) is 25.0 Å². The lowest BCUT2D eigenvalue weighted by molar-refractivity contribution is -0.383. The molecule has 1 rings (SSSR count). The molecule has 0 aliphatic carbocycles. The highest BCUT2D eigenvalue weighted by Gasteiger charge is 2.20. The van der Waals surface area contributed by atoms with Gasteiger partial charge in [-0.25, -0.2) is 0 Å². The maximum atomic E-state index is 11.9. The van der Waals surface area contributed by atoms with Crippen LogP contribution in [0.1, 0.15) is 40.5 Å². The van der Waals surface area contributed by atoms with Crippen LogP contribution in [-0.2, 0) is 9.59 Å². The van der Waals surface area contributed by atoms with E-state index in [0.717, 1.165) is 0 Å². The summed E-state index contributed by atoms with van der Waals surface area (Å²) in [6.45, 7) is 7.29. The predicted octanol–water partition coefficient (Wildman–Crippen LogP) is 3.56. The number of nitrogens with zero attached hydrogens (tertiary/aromatic N) is 1. The summed E-state index contributed by atoms with van der Waals surface area (Å²) in [7, 11) is 0. The van der Waals surface area contributed by atoms with Crippen LogP contribution in [0.3, 0.4) is 0 Å². The first-order valence-corrected chi connectivity index (χ1v) is 7.70. The van der Waals surface area contributed by atoms with Gasteiger partial charge in [0.05, 0.1) is 4.92 Å². The monoisotopic (exact) mass is 321 g/mol. The number of carbonyl (C=O) groups excluding carboxylic acids is 2. The first kappa shape index (κ1) is 18.6. The summed E-state index contributed by atoms with van der Waals surface area (Å²) in [6.07, 6.45) is 1.32. The van der Waals surface area contributed by atoms with Crippen molar-refractivity contribution in [3.8, 4) is 0 Å². The molecule has 0 heterocycles. The highest BCUT2D eigenvalue weighted by atomic mass is 16.6. The molecule has 0 saturated heterocycles. The molecular weight excluding hydrogens is 298 g/mol. The molecular formula is C16H23N3O4. The van der Waals surface area contributed by atoms with Crippen molar-refractivity contribution in [1.29, 1.82) is 0 Å². The van der Waals surface area contributed by atoms with E-state index in [1.165, 1.54) is 12.1 Å². The van der Waals surface area contributed by atoms with E-state index in [-0.39, 0.29) is 35.0 Å². The van der Waals surface area contributed by atoms with E-state index in [1.807, 2.05) is 13.8 Å². The molecule has 0 aliphatic rings. The lowest BCUT2D eigenvalue weighted by atomic mass is 10.1. The van der Waals surface area contributed by atoms with Crippen LogP contribution in [-0.4, -0.2) is 16.7 Å². The topological polar surface area (TPSA) is 101 Å². The highest BCUT2D eigenvalue weighted by molar-refractivity contribution is 5.96. The minimum Gasteiger partial charge on any atom is -0.326 e. The Morgan fingerprint density at radius 1 is 1.09 bits per heavy atom. The molecule has 2 unspecified atom stereocenters. The summed E-state index contributed by atoms with van der Waals surface area (Å²) in [5.41, 5.74) is 0.217.